The van der Waals surface area contributed by atoms with E-state index < -0.39 is 41.2 Å². The van der Waals surface area contributed by atoms with Gasteiger partial charge >= 0.3 is 22.8 Å². The maximum Gasteiger partial charge on any atom is 0.350 e. The lowest BCUT2D eigenvalue weighted by Crippen LogP contribution is -2.65. The largest absolute Gasteiger partial charge is 0.414 e. The van der Waals surface area contributed by atoms with Crippen molar-refractivity contribution >= 4 is 28.7 Å². The van der Waals surface area contributed by atoms with Crippen LogP contribution in [0.4, 0.5) is 0 Å². The first kappa shape index (κ1) is 28.1. The van der Waals surface area contributed by atoms with Gasteiger partial charge in [0, 0.05) is 12.6 Å². The molecule has 11 heteroatoms. The highest BCUT2D eigenvalue weighted by Gasteiger charge is 2.61. The van der Waals surface area contributed by atoms with E-state index in [0.717, 1.165) is 0 Å². The molecular weight excluding hydrogens is 484 g/mol. The van der Waals surface area contributed by atoms with Gasteiger partial charge in [-0.1, -0.05) is 55.4 Å². The molecule has 0 saturated carbocycles. The Hall–Kier alpha value is -1.51. The molecule has 196 valence electrons. The Bertz CT molecular complexity index is 992. The number of Topliss-reactive ketones (excluding diaryl/α,β-unsaturated/α-hetero) is 2. The number of hydrogen-bond donors (Lipinski definition) is 0. The Labute approximate surface area is 210 Å². The van der Waals surface area contributed by atoms with Crippen molar-refractivity contribution in [2.75, 3.05) is 6.61 Å². The number of hydrogen-bond acceptors (Lipinski definition) is 8. The number of fused-ring (bicyclic) bond motifs is 1. The minimum absolute atomic E-state index is 0.0586. The average molecular weight is 525 g/mol. The lowest BCUT2D eigenvalue weighted by atomic mass is 10.1. The predicted molar refractivity (Wildman–Crippen MR) is 136 cm³/mol. The third kappa shape index (κ3) is 5.16. The van der Waals surface area contributed by atoms with Crippen LogP contribution in [0.15, 0.2) is 17.1 Å². The molecule has 0 spiro atoms. The van der Waals surface area contributed by atoms with E-state index in [0.29, 0.717) is 5.69 Å². The van der Waals surface area contributed by atoms with E-state index >= 15 is 0 Å². The highest BCUT2D eigenvalue weighted by molar-refractivity contribution is 6.84. The molecule has 0 aliphatic carbocycles. The third-order valence-electron chi connectivity index (χ3n) is 7.06. The van der Waals surface area contributed by atoms with Crippen LogP contribution >= 0.6 is 0 Å². The van der Waals surface area contributed by atoms with Crippen molar-refractivity contribution < 1.29 is 27.3 Å². The Morgan fingerprint density at radius 1 is 1.03 bits per heavy atom. The van der Waals surface area contributed by atoms with E-state index in [2.05, 4.69) is 60.4 Å². The lowest BCUT2D eigenvalue weighted by molar-refractivity contribution is -0.130. The van der Waals surface area contributed by atoms with E-state index in [1.807, 2.05) is 0 Å². The molecule has 0 radical (unpaired) electrons. The molecule has 0 bridgehead atoms. The zero-order valence-corrected chi connectivity index (χ0v) is 24.4. The Morgan fingerprint density at radius 2 is 1.60 bits per heavy atom. The van der Waals surface area contributed by atoms with Crippen LogP contribution in [0.5, 0.6) is 0 Å². The molecule has 0 amide bonds. The summed E-state index contributed by atoms with van der Waals surface area (Å²) in [5.41, 5.74) is 0.186. The van der Waals surface area contributed by atoms with E-state index in [-0.39, 0.29) is 46.8 Å². The van der Waals surface area contributed by atoms with Crippen molar-refractivity contribution in [1.82, 2.24) is 9.55 Å². The first-order valence-corrected chi connectivity index (χ1v) is 16.5. The van der Waals surface area contributed by atoms with Crippen LogP contribution in [0.3, 0.4) is 0 Å². The van der Waals surface area contributed by atoms with E-state index in [1.54, 1.807) is 6.07 Å². The van der Waals surface area contributed by atoms with Gasteiger partial charge in [0.1, 0.15) is 18.0 Å². The van der Waals surface area contributed by atoms with Crippen molar-refractivity contribution in [2.45, 2.75) is 109 Å². The summed E-state index contributed by atoms with van der Waals surface area (Å²) < 4.78 is 27.8. The van der Waals surface area contributed by atoms with E-state index in [4.69, 9.17) is 17.7 Å². The van der Waals surface area contributed by atoms with Crippen LogP contribution in [0.25, 0.3) is 0 Å². The molecule has 2 aliphatic heterocycles. The van der Waals surface area contributed by atoms with Crippen LogP contribution in [-0.2, 0) is 33.7 Å². The normalized spacial score (nSPS) is 26.3. The SMILES string of the molecule is CC(=O)Cc1ccn([C@@H]2O[C@@H]3CO[Si](C(C)C)(C(C)C)O[Si](C(C)C)(C(C)C)O[C@H]3C2=O)c(=O)n1. The smallest absolute Gasteiger partial charge is 0.350 e. The molecule has 2 fully saturated rings. The minimum atomic E-state index is -2.98. The first-order valence-electron chi connectivity index (χ1n) is 12.5. The zero-order chi connectivity index (χ0) is 26.3. The molecule has 35 heavy (non-hydrogen) atoms. The highest BCUT2D eigenvalue weighted by atomic mass is 28.5. The fourth-order valence-electron chi connectivity index (χ4n) is 5.19. The third-order valence-corrected chi connectivity index (χ3v) is 17.3. The predicted octanol–water partition coefficient (Wildman–Crippen LogP) is 3.80. The highest BCUT2D eigenvalue weighted by Crippen LogP contribution is 2.47. The van der Waals surface area contributed by atoms with Gasteiger partial charge in [0.2, 0.25) is 12.0 Å². The van der Waals surface area contributed by atoms with Crippen molar-refractivity contribution in [3.63, 3.8) is 0 Å². The van der Waals surface area contributed by atoms with Gasteiger partial charge < -0.3 is 17.7 Å². The Balaban J connectivity index is 2.04. The molecule has 0 N–H and O–H groups in total. The minimum Gasteiger partial charge on any atom is -0.414 e. The number of ether oxygens (including phenoxy) is 1. The number of aromatic nitrogens is 2. The standard InChI is InChI=1S/C24H40N2O7Si2/c1-14(2)34(15(3)4)30-13-20-22(32-35(33-34,16(5)6)17(7)8)21(28)23(31-20)26-11-10-19(12-18(9)27)25-24(26)29/h10-11,14-17,20,22-23H,12-13H2,1-9H3/t20-,22-,23-/m1/s1. The Kier molecular flexibility index (Phi) is 8.39. The topological polar surface area (TPSA) is 106 Å². The summed E-state index contributed by atoms with van der Waals surface area (Å²) in [5.74, 6) is -0.439. The van der Waals surface area contributed by atoms with Crippen molar-refractivity contribution in [3.8, 4) is 0 Å². The molecule has 0 aromatic carbocycles. The first-order chi connectivity index (χ1) is 16.2. The second-order valence-electron chi connectivity index (χ2n) is 10.9. The summed E-state index contributed by atoms with van der Waals surface area (Å²) in [6.45, 7) is 18.4. The van der Waals surface area contributed by atoms with Crippen molar-refractivity contribution in [3.05, 3.63) is 28.4 Å². The van der Waals surface area contributed by atoms with Gasteiger partial charge in [-0.2, -0.15) is 4.98 Å². The average Bonchev–Trinajstić information content (AvgIpc) is 3.01. The number of nitrogens with zero attached hydrogens (tertiary/aromatic N) is 2. The fourth-order valence-corrected chi connectivity index (χ4v) is 16.4. The van der Waals surface area contributed by atoms with Gasteiger partial charge in [0.05, 0.1) is 12.3 Å². The summed E-state index contributed by atoms with van der Waals surface area (Å²) in [6.07, 6.45) is -1.20. The number of rotatable bonds is 7. The summed E-state index contributed by atoms with van der Waals surface area (Å²) >= 11 is 0. The monoisotopic (exact) mass is 524 g/mol. The lowest BCUT2D eigenvalue weighted by Gasteiger charge is -2.50. The molecule has 9 nitrogen and oxygen atoms in total. The Morgan fingerprint density at radius 3 is 2.09 bits per heavy atom. The number of carbonyl (C=O) groups is 2. The van der Waals surface area contributed by atoms with Crippen molar-refractivity contribution in [1.29, 1.82) is 0 Å². The van der Waals surface area contributed by atoms with Crippen LogP contribution in [0.2, 0.25) is 22.2 Å². The molecule has 0 unspecified atom stereocenters. The van der Waals surface area contributed by atoms with Crippen LogP contribution in [0.1, 0.15) is 74.2 Å². The fraction of sp³-hybridized carbons (Fsp3) is 0.750. The molecule has 2 aliphatic rings. The molecule has 3 atom stereocenters. The zero-order valence-electron chi connectivity index (χ0n) is 22.4. The van der Waals surface area contributed by atoms with E-state index in [9.17, 15) is 14.4 Å². The number of carbonyl (C=O) groups excluding carboxylic acids is 2. The second-order valence-corrected chi connectivity index (χ2v) is 19.8. The maximum atomic E-state index is 13.6. The summed E-state index contributed by atoms with van der Waals surface area (Å²) in [4.78, 5) is 41.7. The molecule has 1 aromatic rings. The van der Waals surface area contributed by atoms with Crippen molar-refractivity contribution in [2.24, 2.45) is 0 Å². The second kappa shape index (κ2) is 10.5. The van der Waals surface area contributed by atoms with Crippen LogP contribution in [-0.4, -0.2) is 57.1 Å². The molecular formula is C24H40N2O7Si2. The quantitative estimate of drug-likeness (QED) is 0.496. The van der Waals surface area contributed by atoms with Gasteiger partial charge in [-0.05, 0) is 35.2 Å². The van der Waals surface area contributed by atoms with Gasteiger partial charge in [0.15, 0.2) is 0 Å². The summed E-state index contributed by atoms with van der Waals surface area (Å²) in [6, 6.07) is 1.57. The molecule has 2 saturated heterocycles. The maximum absolute atomic E-state index is 13.6. The van der Waals surface area contributed by atoms with Gasteiger partial charge in [-0.25, -0.2) is 4.79 Å². The summed E-state index contributed by atoms with van der Waals surface area (Å²) in [5, 5.41) is 0. The molecule has 1 aromatic heterocycles. The molecule has 3 heterocycles. The van der Waals surface area contributed by atoms with Gasteiger partial charge in [-0.3, -0.25) is 14.2 Å². The van der Waals surface area contributed by atoms with Crippen LogP contribution in [0, 0.1) is 0 Å². The van der Waals surface area contributed by atoms with Gasteiger partial charge in [0.25, 0.3) is 0 Å². The molecule has 3 rings (SSSR count). The van der Waals surface area contributed by atoms with Gasteiger partial charge in [-0.15, -0.1) is 0 Å². The van der Waals surface area contributed by atoms with Crippen LogP contribution < -0.4 is 5.69 Å². The van der Waals surface area contributed by atoms with E-state index in [1.165, 1.54) is 17.7 Å². The number of ketones is 2. The summed E-state index contributed by atoms with van der Waals surface area (Å²) in [7, 11) is -5.75.